The summed E-state index contributed by atoms with van der Waals surface area (Å²) in [6, 6.07) is 24.5. The van der Waals surface area contributed by atoms with Gasteiger partial charge in [-0.3, -0.25) is 0 Å². The molecule has 0 amide bonds. The summed E-state index contributed by atoms with van der Waals surface area (Å²) in [5.41, 5.74) is 5.24. The number of ether oxygens (including phenoxy) is 1. The summed E-state index contributed by atoms with van der Waals surface area (Å²) < 4.78 is 36.9. The predicted octanol–water partition coefficient (Wildman–Crippen LogP) is 8.12. The zero-order chi connectivity index (χ0) is 27.7. The molecule has 0 aromatic heterocycles. The first-order valence-corrected chi connectivity index (χ1v) is 15.5. The van der Waals surface area contributed by atoms with Crippen LogP contribution in [0.3, 0.4) is 0 Å². The van der Waals surface area contributed by atoms with Crippen molar-refractivity contribution in [2.45, 2.75) is 89.6 Å². The fourth-order valence-corrected chi connectivity index (χ4v) is 6.42. The third-order valence-electron chi connectivity index (χ3n) is 7.00. The van der Waals surface area contributed by atoms with Crippen LogP contribution in [0.1, 0.15) is 106 Å². The van der Waals surface area contributed by atoms with Crippen molar-refractivity contribution in [1.82, 2.24) is 4.72 Å². The van der Waals surface area contributed by atoms with E-state index in [-0.39, 0.29) is 24.5 Å². The molecule has 0 heterocycles. The lowest BCUT2D eigenvalue weighted by Gasteiger charge is -2.24. The second-order valence-electron chi connectivity index (χ2n) is 11.1. The minimum Gasteiger partial charge on any atom is -0.372 e. The molecule has 0 bridgehead atoms. The Morgan fingerprint density at radius 2 is 1.26 bits per heavy atom. The number of sulfonamides is 1. The highest BCUT2D eigenvalue weighted by Gasteiger charge is 2.28. The number of benzene rings is 3. The van der Waals surface area contributed by atoms with E-state index < -0.39 is 10.0 Å². The Balaban J connectivity index is 1.78. The number of rotatable bonds is 14. The Hall–Kier alpha value is -2.47. The maximum Gasteiger partial charge on any atom is 0.241 e. The van der Waals surface area contributed by atoms with Crippen LogP contribution in [0.15, 0.2) is 77.7 Å². The second kappa shape index (κ2) is 14.1. The van der Waals surface area contributed by atoms with Crippen molar-refractivity contribution in [3.8, 4) is 0 Å². The number of hydrogen-bond acceptors (Lipinski definition) is 3. The van der Waals surface area contributed by atoms with Crippen molar-refractivity contribution in [3.05, 3.63) is 101 Å². The van der Waals surface area contributed by atoms with E-state index in [0.29, 0.717) is 17.4 Å². The highest BCUT2D eigenvalue weighted by molar-refractivity contribution is 7.89. The lowest BCUT2D eigenvalue weighted by Crippen LogP contribution is -2.31. The Morgan fingerprint density at radius 1 is 0.711 bits per heavy atom. The fourth-order valence-electron chi connectivity index (χ4n) is 4.70. The Morgan fingerprint density at radius 3 is 1.79 bits per heavy atom. The Kier molecular flexibility index (Phi) is 11.1. The average Bonchev–Trinajstić information content (AvgIpc) is 2.90. The van der Waals surface area contributed by atoms with Crippen LogP contribution in [0.25, 0.3) is 0 Å². The lowest BCUT2D eigenvalue weighted by atomic mass is 9.89. The molecule has 0 aliphatic rings. The van der Waals surface area contributed by atoms with Gasteiger partial charge in [0.15, 0.2) is 0 Å². The van der Waals surface area contributed by atoms with E-state index in [2.05, 4.69) is 82.7 Å². The maximum absolute atomic E-state index is 13.9. The molecule has 206 valence electrons. The lowest BCUT2D eigenvalue weighted by molar-refractivity contribution is 0.0536. The zero-order valence-corrected chi connectivity index (χ0v) is 24.7. The van der Waals surface area contributed by atoms with Gasteiger partial charge in [0.25, 0.3) is 0 Å². The average molecular weight is 536 g/mol. The smallest absolute Gasteiger partial charge is 0.241 e. The molecule has 4 nitrogen and oxygen atoms in total. The van der Waals surface area contributed by atoms with Crippen LogP contribution < -0.4 is 4.72 Å². The van der Waals surface area contributed by atoms with Crippen molar-refractivity contribution in [3.63, 3.8) is 0 Å². The summed E-state index contributed by atoms with van der Waals surface area (Å²) >= 11 is 0. The van der Waals surface area contributed by atoms with E-state index in [1.54, 1.807) is 0 Å². The van der Waals surface area contributed by atoms with Crippen LogP contribution in [-0.2, 0) is 21.2 Å². The number of unbranched alkanes of at least 4 members (excludes halogenated alkanes) is 1. The van der Waals surface area contributed by atoms with Crippen molar-refractivity contribution in [1.29, 1.82) is 0 Å². The molecule has 0 saturated carbocycles. The summed E-state index contributed by atoms with van der Waals surface area (Å²) in [4.78, 5) is 0.432. The highest BCUT2D eigenvalue weighted by atomic mass is 32.2. The third kappa shape index (κ3) is 8.26. The van der Waals surface area contributed by atoms with E-state index in [4.69, 9.17) is 4.74 Å². The molecule has 1 N–H and O–H groups in total. The van der Waals surface area contributed by atoms with Gasteiger partial charge in [-0.1, -0.05) is 114 Å². The monoisotopic (exact) mass is 535 g/mol. The van der Waals surface area contributed by atoms with Gasteiger partial charge < -0.3 is 4.74 Å². The molecule has 0 aliphatic heterocycles. The molecule has 0 saturated heterocycles. The molecule has 0 aliphatic carbocycles. The van der Waals surface area contributed by atoms with Gasteiger partial charge in [-0.2, -0.15) is 0 Å². The van der Waals surface area contributed by atoms with Gasteiger partial charge in [-0.15, -0.1) is 0 Å². The van der Waals surface area contributed by atoms with Crippen LogP contribution in [-0.4, -0.2) is 21.6 Å². The van der Waals surface area contributed by atoms with E-state index in [0.717, 1.165) is 36.0 Å². The number of hydrogen-bond donors (Lipinski definition) is 1. The Bertz CT molecular complexity index is 1210. The van der Waals surface area contributed by atoms with Gasteiger partial charge in [0, 0.05) is 13.2 Å². The molecule has 38 heavy (non-hydrogen) atoms. The molecular formula is C33H45NO3S. The first kappa shape index (κ1) is 30.1. The standard InChI is InChI=1S/C33H45NO3S/c1-24(2)29-21-30(25(3)4)33(31(22-29)26(5)6)38(35,36)34-23-32(28-18-11-8-12-19-28)37-20-14-13-17-27-15-9-7-10-16-27/h7-12,15-16,18-19,21-22,24-26,32,34H,13-14,17,20,23H2,1-6H3/t32-/m1/s1. The van der Waals surface area contributed by atoms with Crippen LogP contribution in [0.4, 0.5) is 0 Å². The van der Waals surface area contributed by atoms with Gasteiger partial charge in [-0.05, 0) is 64.8 Å². The summed E-state index contributed by atoms with van der Waals surface area (Å²) in [7, 11) is -3.76. The molecule has 3 aromatic rings. The predicted molar refractivity (Wildman–Crippen MR) is 158 cm³/mol. The van der Waals surface area contributed by atoms with Crippen LogP contribution in [0, 0.1) is 0 Å². The minimum atomic E-state index is -3.76. The molecule has 5 heteroatoms. The SMILES string of the molecule is CC(C)c1cc(C(C)C)c(S(=O)(=O)NC[C@@H](OCCCCc2ccccc2)c2ccccc2)c(C(C)C)c1. The van der Waals surface area contributed by atoms with Crippen LogP contribution in [0.5, 0.6) is 0 Å². The van der Waals surface area contributed by atoms with E-state index in [1.165, 1.54) is 11.1 Å². The van der Waals surface area contributed by atoms with Gasteiger partial charge in [0.2, 0.25) is 10.0 Å². The maximum atomic E-state index is 13.9. The molecule has 1 atom stereocenters. The normalized spacial score (nSPS) is 13.0. The van der Waals surface area contributed by atoms with Crippen molar-refractivity contribution >= 4 is 10.0 Å². The molecule has 0 spiro atoms. The van der Waals surface area contributed by atoms with Crippen molar-refractivity contribution < 1.29 is 13.2 Å². The Labute approximate surface area is 230 Å². The van der Waals surface area contributed by atoms with Gasteiger partial charge in [-0.25, -0.2) is 13.1 Å². The van der Waals surface area contributed by atoms with E-state index in [1.807, 2.05) is 36.4 Å². The molecule has 0 fully saturated rings. The minimum absolute atomic E-state index is 0.0866. The van der Waals surface area contributed by atoms with E-state index in [9.17, 15) is 8.42 Å². The number of aryl methyl sites for hydroxylation is 1. The summed E-state index contributed by atoms with van der Waals surface area (Å²) in [5, 5.41) is 0. The molecule has 0 radical (unpaired) electrons. The first-order valence-electron chi connectivity index (χ1n) is 14.0. The molecule has 3 rings (SSSR count). The highest BCUT2D eigenvalue weighted by Crippen LogP contribution is 2.35. The van der Waals surface area contributed by atoms with Crippen LogP contribution in [0.2, 0.25) is 0 Å². The fraction of sp³-hybridized carbons (Fsp3) is 0.455. The van der Waals surface area contributed by atoms with E-state index >= 15 is 0 Å². The second-order valence-corrected chi connectivity index (χ2v) is 12.8. The molecule has 0 unspecified atom stereocenters. The first-order chi connectivity index (χ1) is 18.1. The summed E-state index contributed by atoms with van der Waals surface area (Å²) in [5.74, 6) is 0.500. The largest absolute Gasteiger partial charge is 0.372 e. The van der Waals surface area contributed by atoms with Gasteiger partial charge in [0.05, 0.1) is 11.0 Å². The molecular weight excluding hydrogens is 490 g/mol. The summed E-state index contributed by atoms with van der Waals surface area (Å²) in [6.07, 6.45) is 2.59. The zero-order valence-electron chi connectivity index (χ0n) is 23.9. The quantitative estimate of drug-likeness (QED) is 0.212. The van der Waals surface area contributed by atoms with Crippen molar-refractivity contribution in [2.24, 2.45) is 0 Å². The third-order valence-corrected chi connectivity index (χ3v) is 8.56. The van der Waals surface area contributed by atoms with Crippen molar-refractivity contribution in [2.75, 3.05) is 13.2 Å². The summed E-state index contributed by atoms with van der Waals surface area (Å²) in [6.45, 7) is 13.3. The van der Waals surface area contributed by atoms with Gasteiger partial charge in [0.1, 0.15) is 0 Å². The van der Waals surface area contributed by atoms with Gasteiger partial charge >= 0.3 is 0 Å². The number of nitrogens with one attached hydrogen (secondary N) is 1. The topological polar surface area (TPSA) is 55.4 Å². The molecule has 3 aromatic carbocycles. The van der Waals surface area contributed by atoms with Crippen LogP contribution >= 0.6 is 0 Å².